The highest BCUT2D eigenvalue weighted by molar-refractivity contribution is 5.72. The summed E-state index contributed by atoms with van der Waals surface area (Å²) in [5, 5.41) is 9.62. The van der Waals surface area contributed by atoms with E-state index in [4.69, 9.17) is 14.2 Å². The zero-order valence-corrected chi connectivity index (χ0v) is 37.0. The van der Waals surface area contributed by atoms with E-state index in [1.807, 2.05) is 81.9 Å². The quantitative estimate of drug-likeness (QED) is 0.0286. The van der Waals surface area contributed by atoms with Crippen LogP contribution in [0.4, 0.5) is 0 Å². The molecular weight excluding hydrogens is 715 g/mol. The normalized spacial score (nSPS) is 13.6. The fourth-order valence-corrected chi connectivity index (χ4v) is 6.30. The summed E-state index contributed by atoms with van der Waals surface area (Å²) < 4.78 is 17.2. The molecule has 0 heterocycles. The van der Waals surface area contributed by atoms with Crippen molar-refractivity contribution in [3.63, 3.8) is 0 Å². The second kappa shape index (κ2) is 39.6. The molecule has 2 unspecified atom stereocenters. The summed E-state index contributed by atoms with van der Waals surface area (Å²) in [4.78, 5) is 37.0. The summed E-state index contributed by atoms with van der Waals surface area (Å²) in [5.41, 5.74) is 0. The first-order valence-corrected chi connectivity index (χ1v) is 22.6. The van der Waals surface area contributed by atoms with Crippen molar-refractivity contribution in [2.24, 2.45) is 0 Å². The highest BCUT2D eigenvalue weighted by Crippen LogP contribution is 2.15. The largest absolute Gasteiger partial charge is 0.477 e. The Bertz CT molecular complexity index is 1160. The van der Waals surface area contributed by atoms with Crippen LogP contribution in [0, 0.1) is 0 Å². The molecule has 0 aromatic carbocycles. The van der Waals surface area contributed by atoms with Crippen LogP contribution in [0.3, 0.4) is 0 Å². The minimum atomic E-state index is -0.883. The number of carboxylic acid groups (broad SMARTS) is 1. The maximum atomic E-state index is 12.7. The predicted molar refractivity (Wildman–Crippen MR) is 238 cm³/mol. The summed E-state index contributed by atoms with van der Waals surface area (Å²) in [5.74, 6) is -1.53. The number of ether oxygens (including phenoxy) is 3. The van der Waals surface area contributed by atoms with E-state index >= 15 is 0 Å². The third kappa shape index (κ3) is 38.1. The van der Waals surface area contributed by atoms with Crippen LogP contribution in [0.15, 0.2) is 72.9 Å². The van der Waals surface area contributed by atoms with Gasteiger partial charge in [0.2, 0.25) is 0 Å². The van der Waals surface area contributed by atoms with Crippen molar-refractivity contribution in [3.05, 3.63) is 72.9 Å². The van der Waals surface area contributed by atoms with Crippen molar-refractivity contribution in [1.29, 1.82) is 0 Å². The Morgan fingerprint density at radius 2 is 0.982 bits per heavy atom. The Hall–Kier alpha value is -3.23. The van der Waals surface area contributed by atoms with E-state index in [9.17, 15) is 19.5 Å². The standard InChI is InChI=1S/C49H83NO7/c1-6-8-10-12-14-16-18-20-22-24-26-27-29-31-33-35-37-39-47(51)56-44-45(43-55-42-41-46(49(53)54)50(3,4)5)57-48(52)40-38-36-34-32-30-28-25-23-21-19-17-15-13-11-9-7-2/h8,10,12,14,16,18,20,22,24,26-27,29,45-46H,6-7,9,11,13,15,17,19,21,23,25,28,30-44H2,1-5H3/p+1/b10-8+,14-12+,18-16+,22-20+,26-24+,29-27+. The maximum Gasteiger partial charge on any atom is 0.362 e. The average Bonchev–Trinajstić information content (AvgIpc) is 3.17. The SMILES string of the molecule is CC/C=C/C=C/C=C/C=C/C=C/C=C/CCCCCC(=O)OCC(COCCC(C(=O)O)[N+](C)(C)C)OC(=O)CCCCCCCCCCCCCCCCCC. The molecule has 0 rings (SSSR count). The van der Waals surface area contributed by atoms with Gasteiger partial charge in [-0.05, 0) is 32.1 Å². The lowest BCUT2D eigenvalue weighted by Crippen LogP contribution is -2.50. The molecule has 1 N–H and O–H groups in total. The minimum Gasteiger partial charge on any atom is -0.477 e. The highest BCUT2D eigenvalue weighted by Gasteiger charge is 2.31. The number of likely N-dealkylation sites (N-methyl/N-ethyl adjacent to an activating group) is 1. The van der Waals surface area contributed by atoms with Gasteiger partial charge in [-0.25, -0.2) is 4.79 Å². The molecule has 0 radical (unpaired) electrons. The van der Waals surface area contributed by atoms with Gasteiger partial charge in [0.05, 0.1) is 34.4 Å². The molecule has 0 aromatic heterocycles. The number of aliphatic carboxylic acids is 1. The van der Waals surface area contributed by atoms with Crippen molar-refractivity contribution in [2.75, 3.05) is 41.0 Å². The van der Waals surface area contributed by atoms with Crippen LogP contribution in [0.25, 0.3) is 0 Å². The molecule has 0 aliphatic rings. The minimum absolute atomic E-state index is 0.0447. The zero-order valence-electron chi connectivity index (χ0n) is 37.0. The molecular formula is C49H84NO7+. The van der Waals surface area contributed by atoms with Crippen molar-refractivity contribution in [2.45, 2.75) is 180 Å². The summed E-state index contributed by atoms with van der Waals surface area (Å²) in [6.07, 6.45) is 49.4. The number of carbonyl (C=O) groups is 3. The summed E-state index contributed by atoms with van der Waals surface area (Å²) in [7, 11) is 5.51. The molecule has 0 saturated heterocycles. The van der Waals surface area contributed by atoms with Crippen molar-refractivity contribution in [1.82, 2.24) is 0 Å². The van der Waals surface area contributed by atoms with Crippen LogP contribution in [0.1, 0.15) is 168 Å². The van der Waals surface area contributed by atoms with Crippen molar-refractivity contribution in [3.8, 4) is 0 Å². The van der Waals surface area contributed by atoms with E-state index in [0.717, 1.165) is 51.4 Å². The molecule has 2 atom stereocenters. The number of carbonyl (C=O) groups excluding carboxylic acids is 2. The van der Waals surface area contributed by atoms with Gasteiger partial charge in [0, 0.05) is 19.3 Å². The first kappa shape index (κ1) is 53.8. The number of quaternary nitrogens is 1. The zero-order chi connectivity index (χ0) is 42.1. The second-order valence-corrected chi connectivity index (χ2v) is 16.1. The lowest BCUT2D eigenvalue weighted by atomic mass is 10.0. The number of esters is 2. The molecule has 8 nitrogen and oxygen atoms in total. The smallest absolute Gasteiger partial charge is 0.362 e. The van der Waals surface area contributed by atoms with Crippen LogP contribution in [-0.2, 0) is 28.6 Å². The Kier molecular flexibility index (Phi) is 37.3. The monoisotopic (exact) mass is 799 g/mol. The first-order valence-electron chi connectivity index (χ1n) is 22.6. The van der Waals surface area contributed by atoms with Gasteiger partial charge in [0.15, 0.2) is 12.1 Å². The van der Waals surface area contributed by atoms with Gasteiger partial charge in [-0.2, -0.15) is 0 Å². The lowest BCUT2D eigenvalue weighted by Gasteiger charge is -2.31. The summed E-state index contributed by atoms with van der Waals surface area (Å²) >= 11 is 0. The molecule has 0 amide bonds. The molecule has 0 aliphatic carbocycles. The molecule has 57 heavy (non-hydrogen) atoms. The van der Waals surface area contributed by atoms with Gasteiger partial charge in [-0.15, -0.1) is 0 Å². The van der Waals surface area contributed by atoms with E-state index < -0.39 is 18.1 Å². The van der Waals surface area contributed by atoms with Gasteiger partial charge in [-0.3, -0.25) is 9.59 Å². The molecule has 326 valence electrons. The van der Waals surface area contributed by atoms with Gasteiger partial charge in [0.25, 0.3) is 0 Å². The molecule has 0 aromatic rings. The van der Waals surface area contributed by atoms with Crippen molar-refractivity contribution < 1.29 is 38.2 Å². The Balaban J connectivity index is 4.43. The molecule has 0 spiro atoms. The third-order valence-corrected chi connectivity index (χ3v) is 9.78. The van der Waals surface area contributed by atoms with E-state index in [1.165, 1.54) is 83.5 Å². The highest BCUT2D eigenvalue weighted by atomic mass is 16.6. The van der Waals surface area contributed by atoms with E-state index in [0.29, 0.717) is 19.3 Å². The number of hydrogen-bond donors (Lipinski definition) is 1. The fraction of sp³-hybridized carbons (Fsp3) is 0.694. The number of hydrogen-bond acceptors (Lipinski definition) is 6. The second-order valence-electron chi connectivity index (χ2n) is 16.1. The average molecular weight is 799 g/mol. The summed E-state index contributed by atoms with van der Waals surface area (Å²) in [6.45, 7) is 4.54. The van der Waals surface area contributed by atoms with Crippen LogP contribution in [0.2, 0.25) is 0 Å². The molecule has 0 bridgehead atoms. The number of unbranched alkanes of at least 4 members (excludes halogenated alkanes) is 18. The van der Waals surface area contributed by atoms with E-state index in [2.05, 4.69) is 26.0 Å². The van der Waals surface area contributed by atoms with Gasteiger partial charge in [-0.1, -0.05) is 189 Å². The molecule has 8 heteroatoms. The number of rotatable bonds is 39. The Morgan fingerprint density at radius 1 is 0.544 bits per heavy atom. The Labute approximate surface area is 349 Å². The van der Waals surface area contributed by atoms with Gasteiger partial charge >= 0.3 is 17.9 Å². The fourth-order valence-electron chi connectivity index (χ4n) is 6.30. The van der Waals surface area contributed by atoms with Crippen LogP contribution < -0.4 is 0 Å². The molecule has 0 aliphatic heterocycles. The lowest BCUT2D eigenvalue weighted by molar-refractivity contribution is -0.887. The topological polar surface area (TPSA) is 99.1 Å². The van der Waals surface area contributed by atoms with Crippen LogP contribution in [-0.4, -0.2) is 80.6 Å². The van der Waals surface area contributed by atoms with Gasteiger partial charge < -0.3 is 23.8 Å². The number of carboxylic acids is 1. The maximum absolute atomic E-state index is 12.7. The molecule has 0 fully saturated rings. The number of nitrogens with zero attached hydrogens (tertiary/aromatic N) is 1. The van der Waals surface area contributed by atoms with E-state index in [-0.39, 0.29) is 36.2 Å². The van der Waals surface area contributed by atoms with Gasteiger partial charge in [0.1, 0.15) is 6.61 Å². The third-order valence-electron chi connectivity index (χ3n) is 9.78. The van der Waals surface area contributed by atoms with E-state index in [1.54, 1.807) is 0 Å². The summed E-state index contributed by atoms with van der Waals surface area (Å²) in [6, 6.07) is -0.624. The van der Waals surface area contributed by atoms with Crippen LogP contribution in [0.5, 0.6) is 0 Å². The van der Waals surface area contributed by atoms with Crippen LogP contribution >= 0.6 is 0 Å². The van der Waals surface area contributed by atoms with Crippen molar-refractivity contribution >= 4 is 17.9 Å². The molecule has 0 saturated carbocycles. The first-order chi connectivity index (χ1) is 27.6. The number of allylic oxidation sites excluding steroid dienone is 12. The Morgan fingerprint density at radius 3 is 1.46 bits per heavy atom. The predicted octanol–water partition coefficient (Wildman–Crippen LogP) is 12.4.